The molecule has 0 saturated carbocycles. The van der Waals surface area contributed by atoms with Gasteiger partial charge >= 0.3 is 0 Å². The molecule has 2 rings (SSSR count). The Morgan fingerprint density at radius 1 is 1.25 bits per heavy atom. The van der Waals surface area contributed by atoms with Gasteiger partial charge in [-0.05, 0) is 48.4 Å². The van der Waals surface area contributed by atoms with Gasteiger partial charge in [-0.25, -0.2) is 0 Å². The molecule has 2 aromatic carbocycles. The third-order valence-corrected chi connectivity index (χ3v) is 3.36. The second-order valence-electron chi connectivity index (χ2n) is 5.05. The van der Waals surface area contributed by atoms with E-state index >= 15 is 0 Å². The quantitative estimate of drug-likeness (QED) is 0.619. The number of nitrogens with zero attached hydrogens (tertiary/aromatic N) is 1. The smallest absolute Gasteiger partial charge is 0.261 e. The molecule has 2 aromatic rings. The van der Waals surface area contributed by atoms with Crippen molar-refractivity contribution >= 4 is 23.6 Å². The fourth-order valence-corrected chi connectivity index (χ4v) is 2.13. The molecule has 0 bridgehead atoms. The van der Waals surface area contributed by atoms with Crippen LogP contribution in [0, 0.1) is 11.3 Å². The molecule has 0 aliphatic carbocycles. The number of nitriles is 1. The number of halogens is 1. The second kappa shape index (κ2) is 8.76. The van der Waals surface area contributed by atoms with E-state index in [0.717, 1.165) is 12.0 Å². The van der Waals surface area contributed by atoms with Crippen molar-refractivity contribution < 1.29 is 9.53 Å². The van der Waals surface area contributed by atoms with Gasteiger partial charge in [0, 0.05) is 11.6 Å². The number of carbonyl (C=O) groups is 1. The maximum atomic E-state index is 11.8. The van der Waals surface area contributed by atoms with Crippen molar-refractivity contribution in [2.75, 3.05) is 6.54 Å². The van der Waals surface area contributed by atoms with Crippen molar-refractivity contribution in [1.82, 2.24) is 5.32 Å². The number of nitrogens with one attached hydrogen (secondary N) is 1. The molecule has 5 heteroatoms. The average molecular weight is 341 g/mol. The van der Waals surface area contributed by atoms with Crippen molar-refractivity contribution in [3.63, 3.8) is 0 Å². The van der Waals surface area contributed by atoms with Crippen LogP contribution in [0.5, 0.6) is 11.5 Å². The summed E-state index contributed by atoms with van der Waals surface area (Å²) in [5, 5.41) is 12.4. The minimum Gasteiger partial charge on any atom is -0.457 e. The predicted octanol–water partition coefficient (Wildman–Crippen LogP) is 4.57. The molecule has 0 aliphatic rings. The summed E-state index contributed by atoms with van der Waals surface area (Å²) >= 11 is 5.92. The topological polar surface area (TPSA) is 62.1 Å². The molecule has 4 nitrogen and oxygen atoms in total. The predicted molar refractivity (Wildman–Crippen MR) is 94.9 cm³/mol. The number of carbonyl (C=O) groups excluding carboxylic acids is 1. The Bertz CT molecular complexity index is 777. The van der Waals surface area contributed by atoms with Crippen LogP contribution in [0.25, 0.3) is 6.08 Å². The number of amides is 1. The summed E-state index contributed by atoms with van der Waals surface area (Å²) in [7, 11) is 0. The Kier molecular flexibility index (Phi) is 6.41. The van der Waals surface area contributed by atoms with Gasteiger partial charge in [-0.15, -0.1) is 0 Å². The molecule has 0 aromatic heterocycles. The molecule has 0 unspecified atom stereocenters. The van der Waals surface area contributed by atoms with Gasteiger partial charge in [-0.2, -0.15) is 5.26 Å². The Balaban J connectivity index is 2.09. The molecule has 0 radical (unpaired) electrons. The highest BCUT2D eigenvalue weighted by atomic mass is 35.5. The third kappa shape index (κ3) is 5.15. The lowest BCUT2D eigenvalue weighted by Crippen LogP contribution is -2.25. The van der Waals surface area contributed by atoms with Gasteiger partial charge < -0.3 is 10.1 Å². The van der Waals surface area contributed by atoms with Gasteiger partial charge in [0.05, 0.1) is 0 Å². The van der Waals surface area contributed by atoms with E-state index in [1.807, 2.05) is 25.1 Å². The highest BCUT2D eigenvalue weighted by Crippen LogP contribution is 2.24. The van der Waals surface area contributed by atoms with E-state index in [0.29, 0.717) is 23.1 Å². The van der Waals surface area contributed by atoms with Crippen LogP contribution < -0.4 is 10.1 Å². The van der Waals surface area contributed by atoms with E-state index in [4.69, 9.17) is 21.6 Å². The zero-order valence-corrected chi connectivity index (χ0v) is 14.0. The molecule has 0 spiro atoms. The summed E-state index contributed by atoms with van der Waals surface area (Å²) < 4.78 is 5.70. The minimum atomic E-state index is -0.362. The molecule has 1 N–H and O–H groups in total. The molecule has 0 heterocycles. The van der Waals surface area contributed by atoms with E-state index in [9.17, 15) is 4.79 Å². The minimum absolute atomic E-state index is 0.0759. The molecule has 0 atom stereocenters. The number of benzene rings is 2. The van der Waals surface area contributed by atoms with Crippen molar-refractivity contribution in [3.8, 4) is 17.6 Å². The van der Waals surface area contributed by atoms with Crippen LogP contribution in [0.15, 0.2) is 54.1 Å². The molecule has 24 heavy (non-hydrogen) atoms. The Hall–Kier alpha value is -2.77. The first-order valence-electron chi connectivity index (χ1n) is 7.56. The molecule has 122 valence electrons. The third-order valence-electron chi connectivity index (χ3n) is 3.12. The molecular formula is C19H17ClN2O2. The van der Waals surface area contributed by atoms with Gasteiger partial charge in [-0.3, -0.25) is 4.79 Å². The van der Waals surface area contributed by atoms with Gasteiger partial charge in [0.25, 0.3) is 5.91 Å². The van der Waals surface area contributed by atoms with E-state index < -0.39 is 0 Å². The van der Waals surface area contributed by atoms with E-state index in [1.165, 1.54) is 0 Å². The maximum absolute atomic E-state index is 11.8. The lowest BCUT2D eigenvalue weighted by atomic mass is 10.1. The van der Waals surface area contributed by atoms with Crippen LogP contribution in [-0.4, -0.2) is 12.5 Å². The van der Waals surface area contributed by atoms with Crippen LogP contribution in [0.1, 0.15) is 18.9 Å². The Morgan fingerprint density at radius 3 is 2.62 bits per heavy atom. The standard InChI is InChI=1S/C19H17ClN2O2/c1-2-10-22-19(23)15(13-21)11-14-6-8-17(9-7-14)24-18-5-3-4-16(20)12-18/h3-9,11-12H,2,10H2,1H3,(H,22,23)/b15-11-. The van der Waals surface area contributed by atoms with Crippen LogP contribution in [0.3, 0.4) is 0 Å². The van der Waals surface area contributed by atoms with Crippen LogP contribution in [-0.2, 0) is 4.79 Å². The van der Waals surface area contributed by atoms with Crippen LogP contribution >= 0.6 is 11.6 Å². The fraction of sp³-hybridized carbons (Fsp3) is 0.158. The van der Waals surface area contributed by atoms with Gasteiger partial charge in [0.2, 0.25) is 0 Å². The van der Waals surface area contributed by atoms with Gasteiger partial charge in [-0.1, -0.05) is 36.7 Å². The zero-order valence-electron chi connectivity index (χ0n) is 13.3. The number of hydrogen-bond acceptors (Lipinski definition) is 3. The van der Waals surface area contributed by atoms with E-state index in [2.05, 4.69) is 5.32 Å². The summed E-state index contributed by atoms with van der Waals surface area (Å²) in [6.45, 7) is 2.50. The first-order chi connectivity index (χ1) is 11.6. The second-order valence-corrected chi connectivity index (χ2v) is 5.49. The highest BCUT2D eigenvalue weighted by Gasteiger charge is 2.07. The molecule has 0 fully saturated rings. The lowest BCUT2D eigenvalue weighted by Gasteiger charge is -2.06. The summed E-state index contributed by atoms with van der Waals surface area (Å²) in [4.78, 5) is 11.8. The van der Waals surface area contributed by atoms with Crippen LogP contribution in [0.4, 0.5) is 0 Å². The van der Waals surface area contributed by atoms with Gasteiger partial charge in [0.1, 0.15) is 23.1 Å². The number of ether oxygens (including phenoxy) is 1. The summed E-state index contributed by atoms with van der Waals surface area (Å²) in [6, 6.07) is 16.1. The molecular weight excluding hydrogens is 324 g/mol. The maximum Gasteiger partial charge on any atom is 0.261 e. The zero-order chi connectivity index (χ0) is 17.4. The SMILES string of the molecule is CCCNC(=O)/C(C#N)=C\c1ccc(Oc2cccc(Cl)c2)cc1. The van der Waals surface area contributed by atoms with E-state index in [-0.39, 0.29) is 11.5 Å². The first-order valence-corrected chi connectivity index (χ1v) is 7.93. The normalized spacial score (nSPS) is 10.8. The molecule has 0 aliphatic heterocycles. The summed E-state index contributed by atoms with van der Waals surface area (Å²) in [5.41, 5.74) is 0.823. The summed E-state index contributed by atoms with van der Waals surface area (Å²) in [5.74, 6) is 0.921. The highest BCUT2D eigenvalue weighted by molar-refractivity contribution is 6.30. The van der Waals surface area contributed by atoms with Crippen molar-refractivity contribution in [2.45, 2.75) is 13.3 Å². The van der Waals surface area contributed by atoms with E-state index in [1.54, 1.807) is 42.5 Å². The molecule has 1 amide bonds. The van der Waals surface area contributed by atoms with Gasteiger partial charge in [0.15, 0.2) is 0 Å². The number of hydrogen-bond donors (Lipinski definition) is 1. The monoisotopic (exact) mass is 340 g/mol. The average Bonchev–Trinajstić information content (AvgIpc) is 2.59. The largest absolute Gasteiger partial charge is 0.457 e. The lowest BCUT2D eigenvalue weighted by molar-refractivity contribution is -0.117. The number of rotatable bonds is 6. The van der Waals surface area contributed by atoms with Crippen molar-refractivity contribution in [1.29, 1.82) is 5.26 Å². The molecule has 0 saturated heterocycles. The Labute approximate surface area is 146 Å². The first kappa shape index (κ1) is 17.6. The van der Waals surface area contributed by atoms with Crippen molar-refractivity contribution in [2.24, 2.45) is 0 Å². The van der Waals surface area contributed by atoms with Crippen LogP contribution in [0.2, 0.25) is 5.02 Å². The Morgan fingerprint density at radius 2 is 2.00 bits per heavy atom. The van der Waals surface area contributed by atoms with Crippen molar-refractivity contribution in [3.05, 3.63) is 64.7 Å². The summed E-state index contributed by atoms with van der Waals surface area (Å²) in [6.07, 6.45) is 2.37. The fourth-order valence-electron chi connectivity index (χ4n) is 1.95.